The fraction of sp³-hybridized carbons (Fsp3) is 0.143. The Kier molecular flexibility index (Phi) is 4.97. The number of carbonyl (C=O) groups is 1. The lowest BCUT2D eigenvalue weighted by Crippen LogP contribution is -2.19. The van der Waals surface area contributed by atoms with E-state index in [2.05, 4.69) is 20.2 Å². The summed E-state index contributed by atoms with van der Waals surface area (Å²) in [5.41, 5.74) is 4.57. The molecule has 0 spiro atoms. The second-order valence-electron chi connectivity index (χ2n) is 6.37. The summed E-state index contributed by atoms with van der Waals surface area (Å²) in [5.74, 6) is -0.225. The summed E-state index contributed by atoms with van der Waals surface area (Å²) in [5, 5.41) is 15.8. The summed E-state index contributed by atoms with van der Waals surface area (Å²) >= 11 is 0. The third-order valence-electron chi connectivity index (χ3n) is 4.42. The molecule has 7 heteroatoms. The van der Waals surface area contributed by atoms with Crippen molar-refractivity contribution in [2.24, 2.45) is 4.99 Å². The predicted octanol–water partition coefficient (Wildman–Crippen LogP) is 3.36. The predicted molar refractivity (Wildman–Crippen MR) is 105 cm³/mol. The van der Waals surface area contributed by atoms with Crippen LogP contribution in [0.2, 0.25) is 0 Å². The Morgan fingerprint density at radius 3 is 2.86 bits per heavy atom. The van der Waals surface area contributed by atoms with Gasteiger partial charge in [-0.25, -0.2) is 4.79 Å². The van der Waals surface area contributed by atoms with E-state index in [0.29, 0.717) is 18.8 Å². The lowest BCUT2D eigenvalue weighted by atomic mass is 10.00. The first-order valence-corrected chi connectivity index (χ1v) is 8.83. The summed E-state index contributed by atoms with van der Waals surface area (Å²) in [6.07, 6.45) is 7.30. The number of aromatic nitrogens is 3. The summed E-state index contributed by atoms with van der Waals surface area (Å²) in [6.45, 7) is 0.404. The SMILES string of the molecule is O=C(O)C1CC=C(c2cccc(COc3ccc(-c4ccn[nH]4)nc3)c2)C=N1. The Morgan fingerprint density at radius 1 is 1.25 bits per heavy atom. The molecule has 0 amide bonds. The molecule has 0 aliphatic carbocycles. The van der Waals surface area contributed by atoms with Gasteiger partial charge in [-0.05, 0) is 47.4 Å². The molecule has 1 atom stereocenters. The van der Waals surface area contributed by atoms with Gasteiger partial charge in [-0.1, -0.05) is 24.3 Å². The summed E-state index contributed by atoms with van der Waals surface area (Å²) in [4.78, 5) is 19.5. The monoisotopic (exact) mass is 374 g/mol. The van der Waals surface area contributed by atoms with E-state index in [0.717, 1.165) is 28.1 Å². The van der Waals surface area contributed by atoms with Gasteiger partial charge in [-0.2, -0.15) is 5.10 Å². The number of pyridine rings is 1. The molecule has 2 N–H and O–H groups in total. The average molecular weight is 374 g/mol. The van der Waals surface area contributed by atoms with Crippen molar-refractivity contribution in [3.8, 4) is 17.1 Å². The van der Waals surface area contributed by atoms with Crippen molar-refractivity contribution in [3.63, 3.8) is 0 Å². The molecule has 0 saturated carbocycles. The van der Waals surface area contributed by atoms with Crippen LogP contribution in [0.5, 0.6) is 5.75 Å². The maximum atomic E-state index is 11.0. The quantitative estimate of drug-likeness (QED) is 0.689. The van der Waals surface area contributed by atoms with Gasteiger partial charge >= 0.3 is 5.97 Å². The van der Waals surface area contributed by atoms with E-state index >= 15 is 0 Å². The number of carboxylic acid groups (broad SMARTS) is 1. The molecule has 4 rings (SSSR count). The summed E-state index contributed by atoms with van der Waals surface area (Å²) in [7, 11) is 0. The van der Waals surface area contributed by atoms with Crippen LogP contribution in [0.1, 0.15) is 17.5 Å². The molecule has 0 bridgehead atoms. The van der Waals surface area contributed by atoms with E-state index in [4.69, 9.17) is 9.84 Å². The molecule has 0 radical (unpaired) electrons. The van der Waals surface area contributed by atoms with Crippen LogP contribution >= 0.6 is 0 Å². The first-order valence-electron chi connectivity index (χ1n) is 8.83. The first kappa shape index (κ1) is 17.7. The number of rotatable bonds is 6. The molecule has 0 saturated heterocycles. The van der Waals surface area contributed by atoms with Crippen molar-refractivity contribution in [2.75, 3.05) is 0 Å². The van der Waals surface area contributed by atoms with Crippen molar-refractivity contribution >= 4 is 17.8 Å². The Balaban J connectivity index is 1.40. The molecular formula is C21H18N4O3. The molecule has 140 valence electrons. The Hall–Kier alpha value is -3.74. The van der Waals surface area contributed by atoms with Gasteiger partial charge in [0.15, 0.2) is 6.04 Å². The van der Waals surface area contributed by atoms with E-state index in [1.54, 1.807) is 18.6 Å². The van der Waals surface area contributed by atoms with Gasteiger partial charge in [-0.3, -0.25) is 15.1 Å². The van der Waals surface area contributed by atoms with Gasteiger partial charge in [0.05, 0.1) is 17.6 Å². The minimum absolute atomic E-state index is 0.399. The molecule has 0 fully saturated rings. The molecule has 1 aliphatic heterocycles. The zero-order valence-electron chi connectivity index (χ0n) is 14.9. The van der Waals surface area contributed by atoms with Gasteiger partial charge in [0.1, 0.15) is 12.4 Å². The van der Waals surface area contributed by atoms with Crippen molar-refractivity contribution < 1.29 is 14.6 Å². The number of carboxylic acids is 1. The topological polar surface area (TPSA) is 100 Å². The second-order valence-corrected chi connectivity index (χ2v) is 6.37. The van der Waals surface area contributed by atoms with E-state index < -0.39 is 12.0 Å². The van der Waals surface area contributed by atoms with E-state index in [9.17, 15) is 4.79 Å². The largest absolute Gasteiger partial charge is 0.487 e. The minimum Gasteiger partial charge on any atom is -0.487 e. The number of hydrogen-bond donors (Lipinski definition) is 2. The molecule has 1 unspecified atom stereocenters. The lowest BCUT2D eigenvalue weighted by molar-refractivity contribution is -0.138. The van der Waals surface area contributed by atoms with Crippen LogP contribution in [0.25, 0.3) is 17.0 Å². The van der Waals surface area contributed by atoms with Gasteiger partial charge in [0.2, 0.25) is 0 Å². The smallest absolute Gasteiger partial charge is 0.328 e. The summed E-state index contributed by atoms with van der Waals surface area (Å²) < 4.78 is 5.84. The normalized spacial score (nSPS) is 15.9. The van der Waals surface area contributed by atoms with Crippen molar-refractivity contribution in [1.29, 1.82) is 0 Å². The zero-order valence-corrected chi connectivity index (χ0v) is 14.9. The molecule has 1 aromatic carbocycles. The highest BCUT2D eigenvalue weighted by atomic mass is 16.5. The number of nitrogens with one attached hydrogen (secondary N) is 1. The fourth-order valence-electron chi connectivity index (χ4n) is 2.91. The van der Waals surface area contributed by atoms with Crippen LogP contribution < -0.4 is 4.74 Å². The van der Waals surface area contributed by atoms with E-state index in [1.165, 1.54) is 0 Å². The van der Waals surface area contributed by atoms with Crippen LogP contribution in [-0.2, 0) is 11.4 Å². The number of dihydropyridines is 1. The Morgan fingerprint density at radius 2 is 2.18 bits per heavy atom. The van der Waals surface area contributed by atoms with Crippen molar-refractivity contribution in [2.45, 2.75) is 19.1 Å². The molecule has 1 aliphatic rings. The van der Waals surface area contributed by atoms with Crippen LogP contribution in [0.3, 0.4) is 0 Å². The van der Waals surface area contributed by atoms with E-state index in [-0.39, 0.29) is 0 Å². The number of ether oxygens (including phenoxy) is 1. The molecule has 2 aromatic heterocycles. The number of aliphatic imine (C=N–C) groups is 1. The number of benzene rings is 1. The molecular weight excluding hydrogens is 356 g/mol. The number of hydrogen-bond acceptors (Lipinski definition) is 5. The highest BCUT2D eigenvalue weighted by Crippen LogP contribution is 2.21. The van der Waals surface area contributed by atoms with Crippen LogP contribution in [0, 0.1) is 0 Å². The fourth-order valence-corrected chi connectivity index (χ4v) is 2.91. The first-order chi connectivity index (χ1) is 13.7. The maximum absolute atomic E-state index is 11.0. The summed E-state index contributed by atoms with van der Waals surface area (Å²) in [6, 6.07) is 12.8. The van der Waals surface area contributed by atoms with Crippen LogP contribution in [0.15, 0.2) is 65.9 Å². The van der Waals surface area contributed by atoms with Gasteiger partial charge in [0, 0.05) is 12.4 Å². The Labute approximate surface area is 161 Å². The van der Waals surface area contributed by atoms with E-state index in [1.807, 2.05) is 48.5 Å². The van der Waals surface area contributed by atoms with Crippen molar-refractivity contribution in [1.82, 2.24) is 15.2 Å². The third-order valence-corrected chi connectivity index (χ3v) is 4.42. The highest BCUT2D eigenvalue weighted by molar-refractivity contribution is 6.11. The highest BCUT2D eigenvalue weighted by Gasteiger charge is 2.17. The number of H-pyrrole nitrogens is 1. The van der Waals surface area contributed by atoms with Crippen LogP contribution in [-0.4, -0.2) is 38.5 Å². The van der Waals surface area contributed by atoms with Gasteiger partial charge in [0.25, 0.3) is 0 Å². The lowest BCUT2D eigenvalue weighted by Gasteiger charge is -2.13. The maximum Gasteiger partial charge on any atom is 0.328 e. The van der Waals surface area contributed by atoms with Gasteiger partial charge in [-0.15, -0.1) is 0 Å². The standard InChI is InChI=1S/C21H18N4O3/c26-21(27)20-6-4-16(11-22-20)15-3-1-2-14(10-15)13-28-17-5-7-18(23-12-17)19-8-9-24-25-19/h1-5,7-12,20H,6,13H2,(H,24,25)(H,26,27). The molecule has 28 heavy (non-hydrogen) atoms. The molecule has 3 aromatic rings. The minimum atomic E-state index is -0.902. The average Bonchev–Trinajstić information content (AvgIpc) is 3.28. The Bertz CT molecular complexity index is 1020. The zero-order chi connectivity index (χ0) is 19.3. The van der Waals surface area contributed by atoms with Gasteiger partial charge < -0.3 is 9.84 Å². The van der Waals surface area contributed by atoms with Crippen molar-refractivity contribution in [3.05, 3.63) is 72.1 Å². The molecule has 7 nitrogen and oxygen atoms in total. The number of aliphatic carboxylic acids is 1. The molecule has 3 heterocycles. The van der Waals surface area contributed by atoms with Crippen LogP contribution in [0.4, 0.5) is 0 Å². The third kappa shape index (κ3) is 3.98. The number of allylic oxidation sites excluding steroid dienone is 1. The number of aromatic amines is 1. The number of nitrogens with zero attached hydrogens (tertiary/aromatic N) is 3. The second kappa shape index (κ2) is 7.87.